The molecule has 0 aliphatic rings. The fourth-order valence-corrected chi connectivity index (χ4v) is 2.49. The zero-order valence-electron chi connectivity index (χ0n) is 12.7. The van der Waals surface area contributed by atoms with Crippen LogP contribution in [0.3, 0.4) is 0 Å². The zero-order chi connectivity index (χ0) is 16.2. The smallest absolute Gasteiger partial charge is 0.274 e. The van der Waals surface area contributed by atoms with Crippen molar-refractivity contribution in [3.05, 3.63) is 60.2 Å². The number of nitrogens with zero attached hydrogens (tertiary/aromatic N) is 4. The third-order valence-corrected chi connectivity index (χ3v) is 3.69. The summed E-state index contributed by atoms with van der Waals surface area (Å²) in [6, 6.07) is 11.0. The van der Waals surface area contributed by atoms with E-state index in [-0.39, 0.29) is 5.91 Å². The van der Waals surface area contributed by atoms with Crippen molar-refractivity contribution in [2.24, 2.45) is 0 Å². The Morgan fingerprint density at radius 3 is 2.65 bits per heavy atom. The van der Waals surface area contributed by atoms with Crippen molar-refractivity contribution in [2.75, 3.05) is 11.6 Å². The third kappa shape index (κ3) is 3.57. The zero-order valence-corrected chi connectivity index (χ0v) is 13.5. The summed E-state index contributed by atoms with van der Waals surface area (Å²) in [5.74, 6) is -0.252. The van der Waals surface area contributed by atoms with Gasteiger partial charge in [-0.1, -0.05) is 11.8 Å². The average Bonchev–Trinajstić information content (AvgIpc) is 3.09. The molecule has 0 bridgehead atoms. The van der Waals surface area contributed by atoms with Gasteiger partial charge in [-0.3, -0.25) is 4.79 Å². The number of anilines is 1. The molecule has 1 N–H and O–H groups in total. The van der Waals surface area contributed by atoms with Crippen LogP contribution in [-0.2, 0) is 0 Å². The summed E-state index contributed by atoms with van der Waals surface area (Å²) in [6.45, 7) is 1.84. The molecule has 0 radical (unpaired) electrons. The second kappa shape index (κ2) is 6.62. The molecule has 7 heteroatoms. The maximum Gasteiger partial charge on any atom is 0.274 e. The predicted molar refractivity (Wildman–Crippen MR) is 90.1 cm³/mol. The number of thioether (sulfide) groups is 1. The standard InChI is InChI=1S/C16H15N5OS/c1-11-10-14(20-16(18-11)23-2)15(22)19-12-4-6-13(7-5-12)21-9-3-8-17-21/h3-10H,1-2H3,(H,19,22). The molecule has 0 unspecified atom stereocenters. The van der Waals surface area contributed by atoms with Gasteiger partial charge in [0, 0.05) is 23.8 Å². The van der Waals surface area contributed by atoms with Crippen LogP contribution in [0.1, 0.15) is 16.2 Å². The van der Waals surface area contributed by atoms with Crippen LogP contribution < -0.4 is 5.32 Å². The summed E-state index contributed by atoms with van der Waals surface area (Å²) in [6.07, 6.45) is 5.46. The van der Waals surface area contributed by atoms with Gasteiger partial charge in [0.2, 0.25) is 0 Å². The molecular formula is C16H15N5OS. The van der Waals surface area contributed by atoms with E-state index in [1.165, 1.54) is 11.8 Å². The Labute approximate surface area is 138 Å². The molecule has 0 saturated carbocycles. The maximum absolute atomic E-state index is 12.3. The van der Waals surface area contributed by atoms with Gasteiger partial charge in [-0.2, -0.15) is 5.10 Å². The van der Waals surface area contributed by atoms with Crippen molar-refractivity contribution in [3.8, 4) is 5.69 Å². The van der Waals surface area contributed by atoms with Crippen LogP contribution in [0.25, 0.3) is 5.69 Å². The molecule has 0 saturated heterocycles. The highest BCUT2D eigenvalue weighted by atomic mass is 32.2. The molecule has 0 atom stereocenters. The number of aromatic nitrogens is 4. The van der Waals surface area contributed by atoms with Gasteiger partial charge < -0.3 is 5.32 Å². The molecule has 0 fully saturated rings. The number of rotatable bonds is 4. The van der Waals surface area contributed by atoms with Gasteiger partial charge in [-0.15, -0.1) is 0 Å². The Morgan fingerprint density at radius 2 is 2.00 bits per heavy atom. The molecule has 0 aliphatic heterocycles. The first-order valence-corrected chi connectivity index (χ1v) is 8.19. The van der Waals surface area contributed by atoms with Crippen molar-refractivity contribution in [2.45, 2.75) is 12.1 Å². The van der Waals surface area contributed by atoms with Crippen LogP contribution in [0.15, 0.2) is 53.9 Å². The fourth-order valence-electron chi connectivity index (χ4n) is 2.06. The number of benzene rings is 1. The maximum atomic E-state index is 12.3. The molecule has 1 aromatic carbocycles. The fraction of sp³-hybridized carbons (Fsp3) is 0.125. The predicted octanol–water partition coefficient (Wildman–Crippen LogP) is 2.94. The largest absolute Gasteiger partial charge is 0.321 e. The number of hydrogen-bond acceptors (Lipinski definition) is 5. The summed E-state index contributed by atoms with van der Waals surface area (Å²) in [5, 5.41) is 7.59. The number of nitrogens with one attached hydrogen (secondary N) is 1. The Morgan fingerprint density at radius 1 is 1.22 bits per heavy atom. The van der Waals surface area contributed by atoms with Crippen molar-refractivity contribution in [1.29, 1.82) is 0 Å². The highest BCUT2D eigenvalue weighted by molar-refractivity contribution is 7.98. The topological polar surface area (TPSA) is 72.7 Å². The van der Waals surface area contributed by atoms with Gasteiger partial charge in [-0.25, -0.2) is 14.6 Å². The van der Waals surface area contributed by atoms with E-state index in [1.807, 2.05) is 49.7 Å². The van der Waals surface area contributed by atoms with Gasteiger partial charge in [0.15, 0.2) is 5.16 Å². The first kappa shape index (κ1) is 15.2. The third-order valence-electron chi connectivity index (χ3n) is 3.14. The van der Waals surface area contributed by atoms with Crippen molar-refractivity contribution in [3.63, 3.8) is 0 Å². The number of amides is 1. The summed E-state index contributed by atoms with van der Waals surface area (Å²) in [4.78, 5) is 20.8. The summed E-state index contributed by atoms with van der Waals surface area (Å²) >= 11 is 1.41. The summed E-state index contributed by atoms with van der Waals surface area (Å²) in [7, 11) is 0. The van der Waals surface area contributed by atoms with E-state index in [0.717, 1.165) is 11.4 Å². The lowest BCUT2D eigenvalue weighted by atomic mass is 10.2. The second-order valence-corrected chi connectivity index (χ2v) is 5.61. The summed E-state index contributed by atoms with van der Waals surface area (Å²) in [5.41, 5.74) is 2.75. The molecule has 3 rings (SSSR count). The number of aryl methyl sites for hydroxylation is 1. The van der Waals surface area contributed by atoms with Crippen LogP contribution >= 0.6 is 11.8 Å². The Kier molecular flexibility index (Phi) is 4.38. The van der Waals surface area contributed by atoms with E-state index < -0.39 is 0 Å². The van der Waals surface area contributed by atoms with Crippen LogP contribution in [0, 0.1) is 6.92 Å². The SMILES string of the molecule is CSc1nc(C)cc(C(=O)Nc2ccc(-n3cccn3)cc2)n1. The molecule has 6 nitrogen and oxygen atoms in total. The van der Waals surface area contributed by atoms with Gasteiger partial charge in [-0.05, 0) is 49.6 Å². The lowest BCUT2D eigenvalue weighted by molar-refractivity contribution is 0.102. The molecule has 0 spiro atoms. The molecule has 3 aromatic rings. The number of carbonyl (C=O) groups is 1. The number of carbonyl (C=O) groups excluding carboxylic acids is 1. The average molecular weight is 325 g/mol. The Hall–Kier alpha value is -2.67. The first-order chi connectivity index (χ1) is 11.2. The van der Waals surface area contributed by atoms with E-state index in [2.05, 4.69) is 20.4 Å². The van der Waals surface area contributed by atoms with E-state index >= 15 is 0 Å². The first-order valence-electron chi connectivity index (χ1n) is 6.97. The van der Waals surface area contributed by atoms with Crippen LogP contribution in [0.2, 0.25) is 0 Å². The lowest BCUT2D eigenvalue weighted by Crippen LogP contribution is -2.15. The molecule has 0 aliphatic carbocycles. The quantitative estimate of drug-likeness (QED) is 0.590. The molecule has 116 valence electrons. The highest BCUT2D eigenvalue weighted by Crippen LogP contribution is 2.15. The van der Waals surface area contributed by atoms with E-state index in [0.29, 0.717) is 16.5 Å². The van der Waals surface area contributed by atoms with Gasteiger partial charge in [0.05, 0.1) is 5.69 Å². The second-order valence-electron chi connectivity index (χ2n) is 4.83. The molecular weight excluding hydrogens is 310 g/mol. The number of hydrogen-bond donors (Lipinski definition) is 1. The van der Waals surface area contributed by atoms with Crippen molar-refractivity contribution >= 4 is 23.4 Å². The minimum absolute atomic E-state index is 0.252. The van der Waals surface area contributed by atoms with Crippen LogP contribution in [0.4, 0.5) is 5.69 Å². The Bertz CT molecular complexity index is 815. The molecule has 23 heavy (non-hydrogen) atoms. The van der Waals surface area contributed by atoms with Crippen molar-refractivity contribution in [1.82, 2.24) is 19.7 Å². The van der Waals surface area contributed by atoms with Gasteiger partial charge in [0.25, 0.3) is 5.91 Å². The van der Waals surface area contributed by atoms with E-state index in [9.17, 15) is 4.79 Å². The summed E-state index contributed by atoms with van der Waals surface area (Å²) < 4.78 is 1.75. The van der Waals surface area contributed by atoms with E-state index in [4.69, 9.17) is 0 Å². The molecule has 1 amide bonds. The highest BCUT2D eigenvalue weighted by Gasteiger charge is 2.10. The van der Waals surface area contributed by atoms with E-state index in [1.54, 1.807) is 16.9 Å². The minimum atomic E-state index is -0.252. The monoisotopic (exact) mass is 325 g/mol. The minimum Gasteiger partial charge on any atom is -0.321 e. The van der Waals surface area contributed by atoms with Crippen LogP contribution in [0.5, 0.6) is 0 Å². The van der Waals surface area contributed by atoms with Gasteiger partial charge in [0.1, 0.15) is 5.69 Å². The lowest BCUT2D eigenvalue weighted by Gasteiger charge is -2.07. The molecule has 2 aromatic heterocycles. The van der Waals surface area contributed by atoms with Crippen molar-refractivity contribution < 1.29 is 4.79 Å². The molecule has 2 heterocycles. The van der Waals surface area contributed by atoms with Gasteiger partial charge >= 0.3 is 0 Å². The Balaban J connectivity index is 1.76. The normalized spacial score (nSPS) is 10.5. The van der Waals surface area contributed by atoms with Crippen LogP contribution in [-0.4, -0.2) is 31.9 Å².